The van der Waals surface area contributed by atoms with Crippen molar-refractivity contribution in [2.45, 2.75) is 66.2 Å². The molecule has 0 radical (unpaired) electrons. The number of nitrogens with zero attached hydrogens (tertiary/aromatic N) is 4. The van der Waals surface area contributed by atoms with Crippen LogP contribution in [0, 0.1) is 12.1 Å². The van der Waals surface area contributed by atoms with Crippen LogP contribution in [0.3, 0.4) is 0 Å². The van der Waals surface area contributed by atoms with Crippen LogP contribution in [0.15, 0.2) is 0 Å². The molecule has 0 fully saturated rings. The second-order valence-corrected chi connectivity index (χ2v) is 10.2. The third-order valence-electron chi connectivity index (χ3n) is 3.54. The number of aryl methyl sites for hydroxylation is 1. The molecule has 0 saturated heterocycles. The van der Waals surface area contributed by atoms with E-state index in [1.807, 2.05) is 27.7 Å². The SMILES string of the molecule is CC(C)c1nc(N)sc1F.CC(C)c1nsc(N)n1.Cc1sc(N)nc1C(C)C. The van der Waals surface area contributed by atoms with Crippen LogP contribution in [-0.4, -0.2) is 19.3 Å². The Balaban J connectivity index is 0.000000218. The maximum atomic E-state index is 12.7. The average molecular weight is 460 g/mol. The highest BCUT2D eigenvalue weighted by Crippen LogP contribution is 2.25. The van der Waals surface area contributed by atoms with Gasteiger partial charge in [-0.1, -0.05) is 52.9 Å². The fourth-order valence-electron chi connectivity index (χ4n) is 2.13. The molecule has 0 unspecified atom stereocenters. The van der Waals surface area contributed by atoms with Gasteiger partial charge in [0.2, 0.25) is 5.13 Å². The van der Waals surface area contributed by atoms with Gasteiger partial charge in [-0.3, -0.25) is 0 Å². The number of rotatable bonds is 3. The van der Waals surface area contributed by atoms with Crippen molar-refractivity contribution in [1.29, 1.82) is 0 Å². The van der Waals surface area contributed by atoms with E-state index < -0.39 is 0 Å². The maximum Gasteiger partial charge on any atom is 0.201 e. The van der Waals surface area contributed by atoms with Gasteiger partial charge in [-0.15, -0.1) is 11.3 Å². The van der Waals surface area contributed by atoms with Gasteiger partial charge in [0.25, 0.3) is 0 Å². The van der Waals surface area contributed by atoms with E-state index in [1.54, 1.807) is 11.3 Å². The number of nitrogen functional groups attached to an aromatic ring is 3. The van der Waals surface area contributed by atoms with Gasteiger partial charge < -0.3 is 17.2 Å². The second-order valence-electron chi connectivity index (χ2n) is 7.16. The van der Waals surface area contributed by atoms with E-state index in [2.05, 4.69) is 40.1 Å². The van der Waals surface area contributed by atoms with Crippen molar-refractivity contribution >= 4 is 49.6 Å². The monoisotopic (exact) mass is 459 g/mol. The molecule has 3 aromatic rings. The molecule has 162 valence electrons. The Morgan fingerprint density at radius 2 is 1.24 bits per heavy atom. The lowest BCUT2D eigenvalue weighted by molar-refractivity contribution is 0.617. The van der Waals surface area contributed by atoms with E-state index in [-0.39, 0.29) is 11.0 Å². The summed E-state index contributed by atoms with van der Waals surface area (Å²) in [5.41, 5.74) is 17.8. The minimum atomic E-state index is -0.257. The molecule has 7 nitrogen and oxygen atoms in total. The van der Waals surface area contributed by atoms with Crippen LogP contribution in [0.1, 0.15) is 81.4 Å². The largest absolute Gasteiger partial charge is 0.375 e. The van der Waals surface area contributed by atoms with Crippen LogP contribution in [0.5, 0.6) is 0 Å². The predicted molar refractivity (Wildman–Crippen MR) is 124 cm³/mol. The van der Waals surface area contributed by atoms with Crippen molar-refractivity contribution in [1.82, 2.24) is 19.3 Å². The first-order chi connectivity index (χ1) is 13.4. The summed E-state index contributed by atoms with van der Waals surface area (Å²) in [5, 5.41) is 1.29. The Labute approximate surface area is 183 Å². The molecule has 0 saturated carbocycles. The van der Waals surface area contributed by atoms with Crippen LogP contribution in [0.4, 0.5) is 19.8 Å². The molecule has 11 heteroatoms. The third kappa shape index (κ3) is 8.19. The smallest absolute Gasteiger partial charge is 0.201 e. The zero-order valence-electron chi connectivity index (χ0n) is 17.9. The molecule has 29 heavy (non-hydrogen) atoms. The predicted octanol–water partition coefficient (Wildman–Crippen LogP) is 5.39. The summed E-state index contributed by atoms with van der Waals surface area (Å²) in [4.78, 5) is 13.3. The molecular formula is C18H30FN7S3. The van der Waals surface area contributed by atoms with Crippen molar-refractivity contribution in [3.8, 4) is 0 Å². The fraction of sp³-hybridized carbons (Fsp3) is 0.556. The molecule has 0 aromatic carbocycles. The van der Waals surface area contributed by atoms with Gasteiger partial charge in [-0.05, 0) is 18.8 Å². The minimum Gasteiger partial charge on any atom is -0.375 e. The molecular weight excluding hydrogens is 429 g/mol. The summed E-state index contributed by atoms with van der Waals surface area (Å²) in [6, 6.07) is 0. The van der Waals surface area contributed by atoms with Crippen molar-refractivity contribution in [2.75, 3.05) is 17.2 Å². The number of nitrogens with two attached hydrogens (primary N) is 3. The highest BCUT2D eigenvalue weighted by molar-refractivity contribution is 7.15. The van der Waals surface area contributed by atoms with E-state index in [0.29, 0.717) is 32.9 Å². The normalized spacial score (nSPS) is 10.7. The van der Waals surface area contributed by atoms with Crippen molar-refractivity contribution < 1.29 is 4.39 Å². The number of halogens is 1. The zero-order chi connectivity index (χ0) is 22.3. The molecule has 6 N–H and O–H groups in total. The summed E-state index contributed by atoms with van der Waals surface area (Å²) >= 11 is 3.71. The lowest BCUT2D eigenvalue weighted by atomic mass is 10.1. The van der Waals surface area contributed by atoms with Gasteiger partial charge in [0.1, 0.15) is 5.82 Å². The summed E-state index contributed by atoms with van der Waals surface area (Å²) in [6.45, 7) is 14.2. The zero-order valence-corrected chi connectivity index (χ0v) is 20.3. The first-order valence-corrected chi connectivity index (χ1v) is 11.6. The highest BCUT2D eigenvalue weighted by atomic mass is 32.1. The van der Waals surface area contributed by atoms with Gasteiger partial charge in [-0.2, -0.15) is 8.76 Å². The Morgan fingerprint density at radius 3 is 1.45 bits per heavy atom. The lowest BCUT2D eigenvalue weighted by Crippen LogP contribution is -1.91. The summed E-state index contributed by atoms with van der Waals surface area (Å²) < 4.78 is 16.8. The molecule has 3 aromatic heterocycles. The molecule has 0 bridgehead atoms. The third-order valence-corrected chi connectivity index (χ3v) is 5.60. The van der Waals surface area contributed by atoms with Gasteiger partial charge >= 0.3 is 0 Å². The number of hydrogen-bond donors (Lipinski definition) is 3. The van der Waals surface area contributed by atoms with Crippen molar-refractivity contribution in [3.63, 3.8) is 0 Å². The van der Waals surface area contributed by atoms with Crippen LogP contribution < -0.4 is 17.2 Å². The van der Waals surface area contributed by atoms with Gasteiger partial charge in [0, 0.05) is 22.3 Å². The molecule has 0 amide bonds. The summed E-state index contributed by atoms with van der Waals surface area (Å²) in [7, 11) is 0. The lowest BCUT2D eigenvalue weighted by Gasteiger charge is -1.98. The standard InChI is InChI=1S/C7H12N2S.C6H9FN2S.C5H9N3S/c1-4(2)6-5(3)10-7(8)9-6;1-3(2)4-5(7)10-6(8)9-4;1-3(2)4-7-5(6)9-8-4/h4H,1-3H3,(H2,8,9);3H,1-2H3,(H2,8,9);3H,1-2H3,(H2,6,7,8). The number of anilines is 3. The molecule has 3 rings (SSSR count). The number of aromatic nitrogens is 4. The van der Waals surface area contributed by atoms with E-state index in [0.717, 1.165) is 22.9 Å². The van der Waals surface area contributed by atoms with Gasteiger partial charge in [0.15, 0.2) is 15.4 Å². The fourth-order valence-corrected chi connectivity index (χ4v) is 4.26. The highest BCUT2D eigenvalue weighted by Gasteiger charge is 2.11. The van der Waals surface area contributed by atoms with E-state index in [1.165, 1.54) is 16.4 Å². The Morgan fingerprint density at radius 1 is 0.724 bits per heavy atom. The van der Waals surface area contributed by atoms with Crippen LogP contribution in [0.2, 0.25) is 0 Å². The second kappa shape index (κ2) is 11.4. The van der Waals surface area contributed by atoms with Crippen LogP contribution in [0.25, 0.3) is 0 Å². The van der Waals surface area contributed by atoms with Crippen LogP contribution in [-0.2, 0) is 0 Å². The molecule has 0 aliphatic carbocycles. The summed E-state index contributed by atoms with van der Waals surface area (Å²) in [6.07, 6.45) is 0. The molecule has 0 aliphatic rings. The van der Waals surface area contributed by atoms with Crippen molar-refractivity contribution in [3.05, 3.63) is 27.2 Å². The van der Waals surface area contributed by atoms with E-state index in [4.69, 9.17) is 17.2 Å². The van der Waals surface area contributed by atoms with E-state index >= 15 is 0 Å². The van der Waals surface area contributed by atoms with Crippen LogP contribution >= 0.6 is 34.2 Å². The summed E-state index contributed by atoms with van der Waals surface area (Å²) in [5.74, 6) is 1.85. The number of thiazole rings is 2. The molecule has 0 aliphatic heterocycles. The Kier molecular flexibility index (Phi) is 9.87. The quantitative estimate of drug-likeness (QED) is 0.479. The minimum absolute atomic E-state index is 0.119. The molecule has 0 spiro atoms. The molecule has 0 atom stereocenters. The average Bonchev–Trinajstić information content (AvgIpc) is 3.27. The maximum absolute atomic E-state index is 12.7. The number of hydrogen-bond acceptors (Lipinski definition) is 10. The van der Waals surface area contributed by atoms with Gasteiger partial charge in [0.05, 0.1) is 11.4 Å². The topological polar surface area (TPSA) is 130 Å². The first-order valence-electron chi connectivity index (χ1n) is 9.15. The first kappa shape index (κ1) is 25.2. The Bertz CT molecular complexity index is 834. The Hall–Kier alpha value is -1.85. The van der Waals surface area contributed by atoms with Gasteiger partial charge in [-0.25, -0.2) is 15.0 Å². The van der Waals surface area contributed by atoms with E-state index in [9.17, 15) is 4.39 Å². The van der Waals surface area contributed by atoms with Crippen molar-refractivity contribution in [2.24, 2.45) is 0 Å². The molecule has 3 heterocycles.